The van der Waals surface area contributed by atoms with Gasteiger partial charge in [0.15, 0.2) is 0 Å². The van der Waals surface area contributed by atoms with Crippen LogP contribution in [0, 0.1) is 5.41 Å². The van der Waals surface area contributed by atoms with Gasteiger partial charge >= 0.3 is 24.5 Å². The normalized spacial score (nSPS) is 12.3. The molecule has 0 bridgehead atoms. The summed E-state index contributed by atoms with van der Waals surface area (Å²) in [5.41, 5.74) is -0.181. The minimum Gasteiger partial charge on any atom is -0.462 e. The quantitative estimate of drug-likeness (QED) is 0.249. The predicted octanol–water partition coefficient (Wildman–Crippen LogP) is 4.46. The van der Waals surface area contributed by atoms with Crippen molar-refractivity contribution in [3.05, 3.63) is 35.9 Å². The van der Waals surface area contributed by atoms with Gasteiger partial charge in [-0.1, -0.05) is 19.1 Å². The minimum absolute atomic E-state index is 0.0772. The number of carbonyl (C=O) groups is 2. The lowest BCUT2D eigenvalue weighted by molar-refractivity contribution is -0.253. The van der Waals surface area contributed by atoms with E-state index in [-0.39, 0.29) is 19.2 Å². The lowest BCUT2D eigenvalue weighted by atomic mass is 9.91. The Morgan fingerprint density at radius 3 is 2.18 bits per heavy atom. The van der Waals surface area contributed by atoms with Crippen LogP contribution in [0.4, 0.5) is 17.6 Å². The SMILES string of the molecule is CCC(C)(C)C(=O)OCCOC(=O)/C=C/c1ccc(OC(F)(F)C(F)F)cc1. The number of alkyl halides is 4. The van der Waals surface area contributed by atoms with Crippen LogP contribution < -0.4 is 4.74 Å². The fourth-order valence-electron chi connectivity index (χ4n) is 1.68. The van der Waals surface area contributed by atoms with E-state index in [4.69, 9.17) is 9.47 Å². The Bertz CT molecular complexity index is 684. The third kappa shape index (κ3) is 7.58. The first-order valence-corrected chi connectivity index (χ1v) is 8.45. The van der Waals surface area contributed by atoms with Gasteiger partial charge in [-0.2, -0.15) is 17.6 Å². The van der Waals surface area contributed by atoms with Crippen molar-refractivity contribution in [3.8, 4) is 5.75 Å². The lowest BCUT2D eigenvalue weighted by Gasteiger charge is -2.20. The molecule has 1 aromatic carbocycles. The first kappa shape index (κ1) is 23.5. The van der Waals surface area contributed by atoms with E-state index in [2.05, 4.69) is 4.74 Å². The zero-order valence-electron chi connectivity index (χ0n) is 15.7. The molecule has 0 spiro atoms. The van der Waals surface area contributed by atoms with E-state index >= 15 is 0 Å². The molecule has 9 heteroatoms. The Kier molecular flexibility index (Phi) is 8.46. The van der Waals surface area contributed by atoms with Gasteiger partial charge in [0.2, 0.25) is 0 Å². The largest absolute Gasteiger partial charge is 0.462 e. The van der Waals surface area contributed by atoms with Crippen molar-refractivity contribution in [1.29, 1.82) is 0 Å². The lowest BCUT2D eigenvalue weighted by Crippen LogP contribution is -2.33. The van der Waals surface area contributed by atoms with Crippen molar-refractivity contribution in [3.63, 3.8) is 0 Å². The van der Waals surface area contributed by atoms with Crippen molar-refractivity contribution >= 4 is 18.0 Å². The Labute approximate surface area is 160 Å². The monoisotopic (exact) mass is 406 g/mol. The topological polar surface area (TPSA) is 61.8 Å². The number of carbonyl (C=O) groups excluding carboxylic acids is 2. The van der Waals surface area contributed by atoms with Crippen LogP contribution in [0.15, 0.2) is 30.3 Å². The number of hydrogen-bond acceptors (Lipinski definition) is 5. The third-order valence-electron chi connectivity index (χ3n) is 3.80. The zero-order valence-corrected chi connectivity index (χ0v) is 15.7. The number of esters is 2. The standard InChI is InChI=1S/C19H22F4O5/c1-4-18(2,3)17(25)27-12-11-26-15(24)10-7-13-5-8-14(9-6-13)28-19(22,23)16(20)21/h5-10,16H,4,11-12H2,1-3H3/b10-7+. The molecule has 0 saturated heterocycles. The van der Waals surface area contributed by atoms with E-state index in [1.54, 1.807) is 13.8 Å². The summed E-state index contributed by atoms with van der Waals surface area (Å²) in [6.45, 7) is 5.15. The molecular formula is C19H22F4O5. The fraction of sp³-hybridized carbons (Fsp3) is 0.474. The molecule has 0 aliphatic rings. The van der Waals surface area contributed by atoms with Gasteiger partial charge in [-0.25, -0.2) is 4.79 Å². The zero-order chi connectivity index (χ0) is 21.4. The van der Waals surface area contributed by atoms with Crippen LogP contribution in [0.2, 0.25) is 0 Å². The second-order valence-corrected chi connectivity index (χ2v) is 6.41. The molecule has 0 heterocycles. The van der Waals surface area contributed by atoms with Gasteiger partial charge in [-0.15, -0.1) is 0 Å². The molecule has 0 amide bonds. The predicted molar refractivity (Wildman–Crippen MR) is 93.0 cm³/mol. The molecule has 0 unspecified atom stereocenters. The first-order valence-electron chi connectivity index (χ1n) is 8.45. The molecule has 1 rings (SSSR count). The van der Waals surface area contributed by atoms with Gasteiger partial charge in [0.25, 0.3) is 0 Å². The maximum atomic E-state index is 12.8. The molecular weight excluding hydrogens is 384 g/mol. The smallest absolute Gasteiger partial charge is 0.461 e. The van der Waals surface area contributed by atoms with Gasteiger partial charge in [0.1, 0.15) is 19.0 Å². The molecule has 0 aliphatic carbocycles. The van der Waals surface area contributed by atoms with Gasteiger partial charge < -0.3 is 14.2 Å². The van der Waals surface area contributed by atoms with E-state index in [0.717, 1.165) is 18.2 Å². The maximum absolute atomic E-state index is 12.8. The summed E-state index contributed by atoms with van der Waals surface area (Å²) in [5.74, 6) is -1.53. The first-order chi connectivity index (χ1) is 13.0. The number of halogens is 4. The molecule has 0 radical (unpaired) electrons. The molecule has 28 heavy (non-hydrogen) atoms. The Morgan fingerprint density at radius 1 is 1.07 bits per heavy atom. The highest BCUT2D eigenvalue weighted by Crippen LogP contribution is 2.27. The molecule has 156 valence electrons. The third-order valence-corrected chi connectivity index (χ3v) is 3.80. The molecule has 0 aliphatic heterocycles. The second-order valence-electron chi connectivity index (χ2n) is 6.41. The minimum atomic E-state index is -4.59. The van der Waals surface area contributed by atoms with E-state index < -0.39 is 29.7 Å². The van der Waals surface area contributed by atoms with Crippen molar-refractivity contribution in [1.82, 2.24) is 0 Å². The van der Waals surface area contributed by atoms with Crippen molar-refractivity contribution in [2.75, 3.05) is 13.2 Å². The van der Waals surface area contributed by atoms with E-state index in [1.807, 2.05) is 6.92 Å². The van der Waals surface area contributed by atoms with Crippen molar-refractivity contribution in [2.24, 2.45) is 5.41 Å². The molecule has 0 atom stereocenters. The second kappa shape index (κ2) is 10.1. The number of hydrogen-bond donors (Lipinski definition) is 0. The molecule has 0 fully saturated rings. The summed E-state index contributed by atoms with van der Waals surface area (Å²) in [4.78, 5) is 23.3. The van der Waals surface area contributed by atoms with Crippen LogP contribution in [-0.4, -0.2) is 37.7 Å². The van der Waals surface area contributed by atoms with E-state index in [9.17, 15) is 27.2 Å². The molecule has 0 N–H and O–H groups in total. The summed E-state index contributed by atoms with van der Waals surface area (Å²) in [6.07, 6.45) is -5.51. The van der Waals surface area contributed by atoms with Crippen LogP contribution in [0.1, 0.15) is 32.8 Å². The van der Waals surface area contributed by atoms with Gasteiger partial charge in [0.05, 0.1) is 5.41 Å². The number of benzene rings is 1. The Hall–Kier alpha value is -2.58. The van der Waals surface area contributed by atoms with Gasteiger partial charge in [-0.05, 0) is 44.0 Å². The van der Waals surface area contributed by atoms with Crippen LogP contribution in [0.25, 0.3) is 6.08 Å². The van der Waals surface area contributed by atoms with Crippen molar-refractivity contribution in [2.45, 2.75) is 39.7 Å². The van der Waals surface area contributed by atoms with E-state index in [0.29, 0.717) is 12.0 Å². The maximum Gasteiger partial charge on any atom is 0.461 e. The highest BCUT2D eigenvalue weighted by atomic mass is 19.3. The summed E-state index contributed by atoms with van der Waals surface area (Å²) < 4.78 is 63.5. The number of rotatable bonds is 10. The number of ether oxygens (including phenoxy) is 3. The van der Waals surface area contributed by atoms with Crippen LogP contribution in [-0.2, 0) is 19.1 Å². The molecule has 0 saturated carbocycles. The van der Waals surface area contributed by atoms with Crippen LogP contribution >= 0.6 is 0 Å². The fourth-order valence-corrected chi connectivity index (χ4v) is 1.68. The Morgan fingerprint density at radius 2 is 1.64 bits per heavy atom. The van der Waals surface area contributed by atoms with Crippen LogP contribution in [0.5, 0.6) is 5.75 Å². The molecule has 5 nitrogen and oxygen atoms in total. The Balaban J connectivity index is 2.43. The molecule has 0 aromatic heterocycles. The molecule has 1 aromatic rings. The van der Waals surface area contributed by atoms with E-state index in [1.165, 1.54) is 18.2 Å². The van der Waals surface area contributed by atoms with Crippen molar-refractivity contribution < 1.29 is 41.4 Å². The van der Waals surface area contributed by atoms with Gasteiger partial charge in [0, 0.05) is 6.08 Å². The van der Waals surface area contributed by atoms with Gasteiger partial charge in [-0.3, -0.25) is 4.79 Å². The van der Waals surface area contributed by atoms with Crippen LogP contribution in [0.3, 0.4) is 0 Å². The summed E-state index contributed by atoms with van der Waals surface area (Å²) in [5, 5.41) is 0. The average molecular weight is 406 g/mol. The highest BCUT2D eigenvalue weighted by Gasteiger charge is 2.43. The summed E-state index contributed by atoms with van der Waals surface area (Å²) in [7, 11) is 0. The summed E-state index contributed by atoms with van der Waals surface area (Å²) >= 11 is 0. The average Bonchev–Trinajstić information content (AvgIpc) is 2.64. The highest BCUT2D eigenvalue weighted by molar-refractivity contribution is 5.87. The summed E-state index contributed by atoms with van der Waals surface area (Å²) in [6, 6.07) is 4.73.